The molecule has 3 N–H and O–H groups in total. The first kappa shape index (κ1) is 18.5. The fourth-order valence-electron chi connectivity index (χ4n) is 2.05. The molecule has 0 saturated heterocycles. The van der Waals surface area contributed by atoms with Gasteiger partial charge in [-0.15, -0.1) is 0 Å². The number of carbonyl (C=O) groups excluding carboxylic acids is 3. The Kier molecular flexibility index (Phi) is 5.13. The van der Waals surface area contributed by atoms with Crippen LogP contribution in [0.3, 0.4) is 0 Å². The molecule has 5 nitrogen and oxygen atoms in total. The van der Waals surface area contributed by atoms with Crippen LogP contribution in [0.15, 0.2) is 42.5 Å². The number of amides is 2. The van der Waals surface area contributed by atoms with Crippen molar-refractivity contribution in [1.82, 2.24) is 0 Å². The highest BCUT2D eigenvalue weighted by atomic mass is 35.5. The molecule has 0 fully saturated rings. The molecule has 0 aliphatic carbocycles. The topological polar surface area (TPSA) is 89.3 Å². The van der Waals surface area contributed by atoms with Gasteiger partial charge in [-0.05, 0) is 30.3 Å². The maximum absolute atomic E-state index is 12.7. The lowest BCUT2D eigenvalue weighted by atomic mass is 10.0. The number of primary amides is 1. The van der Waals surface area contributed by atoms with Crippen molar-refractivity contribution in [3.8, 4) is 0 Å². The quantitative estimate of drug-likeness (QED) is 0.808. The molecule has 0 saturated carbocycles. The van der Waals surface area contributed by atoms with E-state index < -0.39 is 35.0 Å². The number of halogens is 4. The average Bonchev–Trinajstić information content (AvgIpc) is 2.54. The molecule has 0 aliphatic heterocycles. The van der Waals surface area contributed by atoms with E-state index in [1.54, 1.807) is 0 Å². The fraction of sp³-hybridized carbons (Fsp3) is 0.0625. The summed E-state index contributed by atoms with van der Waals surface area (Å²) in [6.07, 6.45) is -5.14. The third-order valence-electron chi connectivity index (χ3n) is 3.17. The Morgan fingerprint density at radius 2 is 1.56 bits per heavy atom. The first-order chi connectivity index (χ1) is 11.6. The van der Waals surface area contributed by atoms with Crippen molar-refractivity contribution in [2.24, 2.45) is 5.73 Å². The van der Waals surface area contributed by atoms with Crippen molar-refractivity contribution in [3.63, 3.8) is 0 Å². The van der Waals surface area contributed by atoms with Crippen LogP contribution < -0.4 is 11.1 Å². The van der Waals surface area contributed by atoms with Crippen LogP contribution in [0.1, 0.15) is 31.1 Å². The Morgan fingerprint density at radius 1 is 0.960 bits per heavy atom. The van der Waals surface area contributed by atoms with Crippen molar-refractivity contribution in [2.75, 3.05) is 5.32 Å². The highest BCUT2D eigenvalue weighted by Gasteiger charge is 2.40. The van der Waals surface area contributed by atoms with Gasteiger partial charge in [0.05, 0.1) is 22.4 Å². The SMILES string of the molecule is NC(=O)c1ccccc1C(=O)Nc1ccc(Cl)cc1C(=O)C(F)(F)F. The van der Waals surface area contributed by atoms with Crippen LogP contribution in [0, 0.1) is 0 Å². The summed E-state index contributed by atoms with van der Waals surface area (Å²) in [5.41, 5.74) is 3.70. The van der Waals surface area contributed by atoms with Gasteiger partial charge in [-0.3, -0.25) is 14.4 Å². The van der Waals surface area contributed by atoms with Crippen molar-refractivity contribution in [2.45, 2.75) is 6.18 Å². The summed E-state index contributed by atoms with van der Waals surface area (Å²) in [7, 11) is 0. The lowest BCUT2D eigenvalue weighted by Gasteiger charge is -2.13. The zero-order chi connectivity index (χ0) is 18.8. The van der Waals surface area contributed by atoms with E-state index >= 15 is 0 Å². The average molecular weight is 371 g/mol. The maximum Gasteiger partial charge on any atom is 0.454 e. The van der Waals surface area contributed by atoms with Crippen molar-refractivity contribution < 1.29 is 27.6 Å². The van der Waals surface area contributed by atoms with Crippen LogP contribution in [0.5, 0.6) is 0 Å². The van der Waals surface area contributed by atoms with Gasteiger partial charge in [0.2, 0.25) is 5.91 Å². The zero-order valence-electron chi connectivity index (χ0n) is 12.4. The Balaban J connectivity index is 2.43. The minimum Gasteiger partial charge on any atom is -0.366 e. The van der Waals surface area contributed by atoms with Crippen molar-refractivity contribution in [3.05, 3.63) is 64.2 Å². The van der Waals surface area contributed by atoms with Crippen LogP contribution in [-0.2, 0) is 0 Å². The second-order valence-corrected chi connectivity index (χ2v) is 5.32. The molecule has 2 aromatic carbocycles. The van der Waals surface area contributed by atoms with Gasteiger partial charge in [0.1, 0.15) is 0 Å². The smallest absolute Gasteiger partial charge is 0.366 e. The third-order valence-corrected chi connectivity index (χ3v) is 3.40. The van der Waals surface area contributed by atoms with Gasteiger partial charge in [-0.1, -0.05) is 23.7 Å². The lowest BCUT2D eigenvalue weighted by Crippen LogP contribution is -2.25. The van der Waals surface area contributed by atoms with Gasteiger partial charge < -0.3 is 11.1 Å². The van der Waals surface area contributed by atoms with Crippen molar-refractivity contribution in [1.29, 1.82) is 0 Å². The summed E-state index contributed by atoms with van der Waals surface area (Å²) in [4.78, 5) is 35.2. The molecule has 0 radical (unpaired) electrons. The number of carbonyl (C=O) groups is 3. The molecule has 0 unspecified atom stereocenters. The number of hydrogen-bond acceptors (Lipinski definition) is 3. The molecule has 25 heavy (non-hydrogen) atoms. The number of alkyl halides is 3. The van der Waals surface area contributed by atoms with Crippen LogP contribution in [0.25, 0.3) is 0 Å². The molecule has 0 aliphatic rings. The molecule has 0 aromatic heterocycles. The predicted molar refractivity (Wildman–Crippen MR) is 84.8 cm³/mol. The third kappa shape index (κ3) is 4.16. The summed E-state index contributed by atoms with van der Waals surface area (Å²) in [5.74, 6) is -3.94. The van der Waals surface area contributed by atoms with E-state index in [0.717, 1.165) is 12.1 Å². The normalized spacial score (nSPS) is 11.0. The Labute approximate surface area is 144 Å². The summed E-state index contributed by atoms with van der Waals surface area (Å²) in [6.45, 7) is 0. The molecule has 0 heterocycles. The van der Waals surface area contributed by atoms with E-state index in [1.807, 2.05) is 0 Å². The van der Waals surface area contributed by atoms with E-state index in [-0.39, 0.29) is 16.1 Å². The molecule has 0 bridgehead atoms. The van der Waals surface area contributed by atoms with E-state index in [9.17, 15) is 27.6 Å². The van der Waals surface area contributed by atoms with Crippen LogP contribution >= 0.6 is 11.6 Å². The van der Waals surface area contributed by atoms with Gasteiger partial charge >= 0.3 is 6.18 Å². The number of nitrogens with one attached hydrogen (secondary N) is 1. The minimum atomic E-state index is -5.14. The van der Waals surface area contributed by atoms with Crippen LogP contribution in [0.4, 0.5) is 18.9 Å². The summed E-state index contributed by atoms with van der Waals surface area (Å²) in [5, 5.41) is 2.07. The van der Waals surface area contributed by atoms with Crippen molar-refractivity contribution >= 4 is 34.9 Å². The number of rotatable bonds is 4. The van der Waals surface area contributed by atoms with E-state index in [0.29, 0.717) is 0 Å². The number of ketones is 1. The molecular weight excluding hydrogens is 361 g/mol. The first-order valence-corrected chi connectivity index (χ1v) is 7.10. The highest BCUT2D eigenvalue weighted by molar-refractivity contribution is 6.31. The maximum atomic E-state index is 12.7. The van der Waals surface area contributed by atoms with Gasteiger partial charge in [0.15, 0.2) is 0 Å². The second kappa shape index (κ2) is 6.94. The highest BCUT2D eigenvalue weighted by Crippen LogP contribution is 2.29. The Bertz CT molecular complexity index is 866. The standard InChI is InChI=1S/C16H10ClF3N2O3/c17-8-5-6-12(11(7-8)13(23)16(18,19)20)22-15(25)10-4-2-1-3-9(10)14(21)24/h1-7H,(H2,21,24)(H,22,25). The molecule has 2 rings (SSSR count). The fourth-order valence-corrected chi connectivity index (χ4v) is 2.22. The van der Waals surface area contributed by atoms with Gasteiger partial charge in [0.25, 0.3) is 11.7 Å². The van der Waals surface area contributed by atoms with Crippen LogP contribution in [-0.4, -0.2) is 23.8 Å². The largest absolute Gasteiger partial charge is 0.454 e. The Morgan fingerprint density at radius 3 is 2.12 bits per heavy atom. The summed E-state index contributed by atoms with van der Waals surface area (Å²) < 4.78 is 38.1. The molecular formula is C16H10ClF3N2O3. The van der Waals surface area contributed by atoms with E-state index in [2.05, 4.69) is 5.32 Å². The molecule has 130 valence electrons. The number of Topliss-reactive ketones (excluding diaryl/α,β-unsaturated/α-hetero) is 1. The van der Waals surface area contributed by atoms with Crippen LogP contribution in [0.2, 0.25) is 5.02 Å². The number of hydrogen-bond donors (Lipinski definition) is 2. The molecule has 0 spiro atoms. The zero-order valence-corrected chi connectivity index (χ0v) is 13.1. The van der Waals surface area contributed by atoms with E-state index in [4.69, 9.17) is 17.3 Å². The van der Waals surface area contributed by atoms with Gasteiger partial charge in [-0.25, -0.2) is 0 Å². The minimum absolute atomic E-state index is 0.108. The predicted octanol–water partition coefficient (Wildman–Crippen LogP) is 3.44. The van der Waals surface area contributed by atoms with E-state index in [1.165, 1.54) is 30.3 Å². The van der Waals surface area contributed by atoms with Gasteiger partial charge in [0, 0.05) is 5.02 Å². The van der Waals surface area contributed by atoms with Gasteiger partial charge in [-0.2, -0.15) is 13.2 Å². The molecule has 2 aromatic rings. The summed E-state index contributed by atoms with van der Waals surface area (Å²) in [6, 6.07) is 8.56. The number of anilines is 1. The first-order valence-electron chi connectivity index (χ1n) is 6.72. The molecule has 2 amide bonds. The Hall–Kier alpha value is -2.87. The number of benzene rings is 2. The molecule has 0 atom stereocenters. The lowest BCUT2D eigenvalue weighted by molar-refractivity contribution is -0.0884. The summed E-state index contributed by atoms with van der Waals surface area (Å²) >= 11 is 5.64. The number of nitrogens with two attached hydrogens (primary N) is 1. The second-order valence-electron chi connectivity index (χ2n) is 4.88. The molecule has 9 heteroatoms. The monoisotopic (exact) mass is 370 g/mol.